The lowest BCUT2D eigenvalue weighted by molar-refractivity contribution is 0.327. The van der Waals surface area contributed by atoms with Gasteiger partial charge in [-0.1, -0.05) is 0 Å². The number of aromatic nitrogens is 1. The van der Waals surface area contributed by atoms with Crippen LogP contribution in [0.3, 0.4) is 0 Å². The van der Waals surface area contributed by atoms with Crippen molar-refractivity contribution in [2.24, 2.45) is 0 Å². The van der Waals surface area contributed by atoms with Crippen LogP contribution in [0.5, 0.6) is 23.0 Å². The number of hydrogen-bond acceptors (Lipinski definition) is 5. The van der Waals surface area contributed by atoms with E-state index in [1.807, 2.05) is 18.2 Å². The molecule has 6 heteroatoms. The molecule has 0 aliphatic carbocycles. The van der Waals surface area contributed by atoms with Crippen LogP contribution < -0.4 is 24.7 Å². The predicted molar refractivity (Wildman–Crippen MR) is 86.4 cm³/mol. The summed E-state index contributed by atoms with van der Waals surface area (Å²) in [6.45, 7) is 0. The van der Waals surface area contributed by atoms with Crippen LogP contribution >= 0.6 is 0 Å². The highest BCUT2D eigenvalue weighted by Gasteiger charge is 2.21. The zero-order valence-corrected chi connectivity index (χ0v) is 12.9. The summed E-state index contributed by atoms with van der Waals surface area (Å²) in [6.07, 6.45) is 0. The lowest BCUT2D eigenvalue weighted by Crippen LogP contribution is -1.95. The fourth-order valence-corrected chi connectivity index (χ4v) is 2.78. The van der Waals surface area contributed by atoms with Gasteiger partial charge in [0.2, 0.25) is 5.75 Å². The number of nitrogens with two attached hydrogens (primary N) is 1. The van der Waals surface area contributed by atoms with E-state index in [-0.39, 0.29) is 0 Å². The van der Waals surface area contributed by atoms with Crippen molar-refractivity contribution in [2.75, 3.05) is 34.2 Å². The molecule has 6 nitrogen and oxygen atoms in total. The van der Waals surface area contributed by atoms with Crippen molar-refractivity contribution >= 4 is 27.5 Å². The molecule has 0 aliphatic heterocycles. The van der Waals surface area contributed by atoms with Crippen molar-refractivity contribution in [1.82, 2.24) is 4.98 Å². The first-order valence-corrected chi connectivity index (χ1v) is 6.73. The van der Waals surface area contributed by atoms with Gasteiger partial charge >= 0.3 is 0 Å². The molecule has 0 fully saturated rings. The average molecular weight is 302 g/mol. The highest BCUT2D eigenvalue weighted by Crippen LogP contribution is 2.46. The second-order valence-corrected chi connectivity index (χ2v) is 4.80. The fourth-order valence-electron chi connectivity index (χ4n) is 2.78. The molecule has 0 saturated heterocycles. The van der Waals surface area contributed by atoms with Gasteiger partial charge in [-0.25, -0.2) is 0 Å². The Morgan fingerprint density at radius 3 is 2.00 bits per heavy atom. The number of rotatable bonds is 4. The van der Waals surface area contributed by atoms with Crippen LogP contribution in [0.1, 0.15) is 0 Å². The first-order chi connectivity index (χ1) is 10.7. The molecule has 3 N–H and O–H groups in total. The molecule has 0 saturated carbocycles. The smallest absolute Gasteiger partial charge is 0.205 e. The molecule has 0 aliphatic rings. The highest BCUT2D eigenvalue weighted by atomic mass is 16.5. The zero-order valence-electron chi connectivity index (χ0n) is 12.9. The summed E-state index contributed by atoms with van der Waals surface area (Å²) in [5.74, 6) is 2.32. The fraction of sp³-hybridized carbons (Fsp3) is 0.250. The monoisotopic (exact) mass is 302 g/mol. The summed E-state index contributed by atoms with van der Waals surface area (Å²) < 4.78 is 21.8. The van der Waals surface area contributed by atoms with Crippen molar-refractivity contribution in [3.63, 3.8) is 0 Å². The zero-order chi connectivity index (χ0) is 15.9. The Hall–Kier alpha value is -2.76. The van der Waals surface area contributed by atoms with E-state index in [1.165, 1.54) is 0 Å². The molecule has 1 heterocycles. The van der Waals surface area contributed by atoms with E-state index < -0.39 is 0 Å². The molecule has 2 aromatic carbocycles. The number of ether oxygens (including phenoxy) is 4. The van der Waals surface area contributed by atoms with Gasteiger partial charge in [0.15, 0.2) is 17.2 Å². The Morgan fingerprint density at radius 1 is 0.773 bits per heavy atom. The van der Waals surface area contributed by atoms with Crippen LogP contribution in [-0.2, 0) is 0 Å². The van der Waals surface area contributed by atoms with Crippen LogP contribution in [0.15, 0.2) is 18.2 Å². The van der Waals surface area contributed by atoms with Gasteiger partial charge in [-0.15, -0.1) is 0 Å². The standard InChI is InChI=1S/C16H18N2O4/c1-19-11-7-9-8-5-6-10(17)14(20-2)12(8)18-13(9)16(22-4)15(11)21-3/h5-7,18H,17H2,1-4H3. The largest absolute Gasteiger partial charge is 0.493 e. The Bertz CT molecular complexity index is 855. The van der Waals surface area contributed by atoms with E-state index in [1.54, 1.807) is 28.4 Å². The van der Waals surface area contributed by atoms with E-state index in [9.17, 15) is 0 Å². The minimum Gasteiger partial charge on any atom is -0.493 e. The molecule has 0 atom stereocenters. The Labute approximate surface area is 127 Å². The average Bonchev–Trinajstić information content (AvgIpc) is 2.90. The number of nitrogen functional groups attached to an aromatic ring is 1. The molecule has 0 spiro atoms. The second-order valence-electron chi connectivity index (χ2n) is 4.80. The molecule has 0 bridgehead atoms. The lowest BCUT2D eigenvalue weighted by Gasteiger charge is -2.12. The normalized spacial score (nSPS) is 10.9. The van der Waals surface area contributed by atoms with Crippen LogP contribution in [0.4, 0.5) is 5.69 Å². The topological polar surface area (TPSA) is 78.7 Å². The van der Waals surface area contributed by atoms with E-state index in [4.69, 9.17) is 24.7 Å². The van der Waals surface area contributed by atoms with Crippen LogP contribution in [0.25, 0.3) is 21.8 Å². The Kier molecular flexibility index (Phi) is 3.36. The maximum atomic E-state index is 5.98. The van der Waals surface area contributed by atoms with Gasteiger partial charge in [0.25, 0.3) is 0 Å². The van der Waals surface area contributed by atoms with E-state index in [0.717, 1.165) is 21.8 Å². The summed E-state index contributed by atoms with van der Waals surface area (Å²) in [5.41, 5.74) is 8.16. The lowest BCUT2D eigenvalue weighted by atomic mass is 10.1. The molecule has 116 valence electrons. The molecule has 3 rings (SSSR count). The van der Waals surface area contributed by atoms with E-state index >= 15 is 0 Å². The number of fused-ring (bicyclic) bond motifs is 3. The van der Waals surface area contributed by atoms with Gasteiger partial charge < -0.3 is 29.7 Å². The number of benzene rings is 2. The first-order valence-electron chi connectivity index (χ1n) is 6.73. The van der Waals surface area contributed by atoms with Crippen molar-refractivity contribution in [3.05, 3.63) is 18.2 Å². The molecule has 0 amide bonds. The van der Waals surface area contributed by atoms with Gasteiger partial charge in [-0.3, -0.25) is 0 Å². The van der Waals surface area contributed by atoms with Gasteiger partial charge in [-0.2, -0.15) is 0 Å². The summed E-state index contributed by atoms with van der Waals surface area (Å²) in [6, 6.07) is 5.67. The van der Waals surface area contributed by atoms with Crippen molar-refractivity contribution < 1.29 is 18.9 Å². The summed E-state index contributed by atoms with van der Waals surface area (Å²) in [4.78, 5) is 3.32. The second kappa shape index (κ2) is 5.22. The Balaban J connectivity index is 2.50. The van der Waals surface area contributed by atoms with Crippen LogP contribution in [-0.4, -0.2) is 33.4 Å². The molecule has 0 unspecified atom stereocenters. The summed E-state index contributed by atoms with van der Waals surface area (Å²) in [7, 11) is 6.35. The molecular weight excluding hydrogens is 284 g/mol. The Morgan fingerprint density at radius 2 is 1.41 bits per heavy atom. The highest BCUT2D eigenvalue weighted by molar-refractivity contribution is 6.13. The third-order valence-corrected chi connectivity index (χ3v) is 3.76. The van der Waals surface area contributed by atoms with Crippen LogP contribution in [0.2, 0.25) is 0 Å². The predicted octanol–water partition coefficient (Wildman–Crippen LogP) is 2.94. The SMILES string of the molecule is COc1cc2c([nH]c3c(OC)c(N)ccc32)c(OC)c1OC. The first kappa shape index (κ1) is 14.2. The number of nitrogens with one attached hydrogen (secondary N) is 1. The minimum absolute atomic E-state index is 0.538. The molecule has 3 aromatic rings. The number of anilines is 1. The quantitative estimate of drug-likeness (QED) is 0.724. The summed E-state index contributed by atoms with van der Waals surface area (Å²) >= 11 is 0. The van der Waals surface area contributed by atoms with Crippen LogP contribution in [0, 0.1) is 0 Å². The molecule has 1 aromatic heterocycles. The van der Waals surface area contributed by atoms with Gasteiger partial charge in [-0.05, 0) is 18.2 Å². The van der Waals surface area contributed by atoms with E-state index in [2.05, 4.69) is 4.98 Å². The molecular formula is C16H18N2O4. The third kappa shape index (κ3) is 1.80. The number of methoxy groups -OCH3 is 4. The number of hydrogen-bond donors (Lipinski definition) is 2. The molecule has 0 radical (unpaired) electrons. The third-order valence-electron chi connectivity index (χ3n) is 3.76. The van der Waals surface area contributed by atoms with Gasteiger partial charge in [0.05, 0.1) is 45.2 Å². The number of H-pyrrole nitrogens is 1. The maximum Gasteiger partial charge on any atom is 0.205 e. The summed E-state index contributed by atoms with van der Waals surface area (Å²) in [5, 5.41) is 1.92. The van der Waals surface area contributed by atoms with Crippen molar-refractivity contribution in [2.45, 2.75) is 0 Å². The van der Waals surface area contributed by atoms with Gasteiger partial charge in [0, 0.05) is 10.8 Å². The molecule has 22 heavy (non-hydrogen) atoms. The van der Waals surface area contributed by atoms with Crippen molar-refractivity contribution in [1.29, 1.82) is 0 Å². The van der Waals surface area contributed by atoms with Crippen molar-refractivity contribution in [3.8, 4) is 23.0 Å². The number of aromatic amines is 1. The van der Waals surface area contributed by atoms with E-state index in [0.29, 0.717) is 28.7 Å². The minimum atomic E-state index is 0.538. The maximum absolute atomic E-state index is 5.98. The van der Waals surface area contributed by atoms with Gasteiger partial charge in [0.1, 0.15) is 0 Å².